The molecule has 2 aromatic heterocycles. The third kappa shape index (κ3) is 2.73. The zero-order chi connectivity index (χ0) is 15.5. The van der Waals surface area contributed by atoms with Crippen molar-refractivity contribution in [2.75, 3.05) is 13.1 Å². The molecule has 116 valence electrons. The Balaban J connectivity index is 1.62. The van der Waals surface area contributed by atoms with Gasteiger partial charge in [0.15, 0.2) is 0 Å². The number of rotatable bonds is 5. The maximum atomic E-state index is 12.2. The zero-order valence-electron chi connectivity index (χ0n) is 12.9. The summed E-state index contributed by atoms with van der Waals surface area (Å²) in [5.41, 5.74) is 0.696. The Morgan fingerprint density at radius 1 is 1.36 bits per heavy atom. The van der Waals surface area contributed by atoms with Gasteiger partial charge in [0.2, 0.25) is 17.6 Å². The second kappa shape index (κ2) is 6.25. The first-order chi connectivity index (χ1) is 10.7. The average Bonchev–Trinajstić information content (AvgIpc) is 2.97. The van der Waals surface area contributed by atoms with E-state index in [-0.39, 0.29) is 17.7 Å². The Bertz CT molecular complexity index is 631. The molecule has 0 unspecified atom stereocenters. The molecule has 0 radical (unpaired) electrons. The molecular weight excluding hydrogens is 280 g/mol. The van der Waals surface area contributed by atoms with Crippen molar-refractivity contribution in [1.29, 1.82) is 0 Å². The molecule has 1 aliphatic heterocycles. The number of hydrogen-bond acceptors (Lipinski definition) is 5. The van der Waals surface area contributed by atoms with Crippen LogP contribution in [-0.4, -0.2) is 39.0 Å². The lowest BCUT2D eigenvalue weighted by molar-refractivity contribution is -0.140. The number of hydrogen-bond donors (Lipinski definition) is 0. The van der Waals surface area contributed by atoms with Crippen LogP contribution in [0.2, 0.25) is 0 Å². The van der Waals surface area contributed by atoms with Crippen molar-refractivity contribution in [3.8, 4) is 11.5 Å². The second-order valence-electron chi connectivity index (χ2n) is 5.62. The van der Waals surface area contributed by atoms with Crippen LogP contribution in [0.25, 0.3) is 11.5 Å². The Hall–Kier alpha value is -2.24. The number of amides is 1. The summed E-state index contributed by atoms with van der Waals surface area (Å²) in [6, 6.07) is 5.58. The summed E-state index contributed by atoms with van der Waals surface area (Å²) >= 11 is 0. The van der Waals surface area contributed by atoms with E-state index in [0.717, 1.165) is 12.8 Å². The summed E-state index contributed by atoms with van der Waals surface area (Å²) in [6.45, 7) is 5.44. The van der Waals surface area contributed by atoms with Gasteiger partial charge in [-0.2, -0.15) is 4.98 Å². The molecule has 1 aliphatic rings. The fourth-order valence-corrected chi connectivity index (χ4v) is 2.71. The number of nitrogens with zero attached hydrogens (tertiary/aromatic N) is 4. The Labute approximate surface area is 129 Å². The monoisotopic (exact) mass is 300 g/mol. The molecule has 6 heteroatoms. The number of aromatic nitrogens is 3. The minimum Gasteiger partial charge on any atom is -0.341 e. The van der Waals surface area contributed by atoms with E-state index in [9.17, 15) is 4.79 Å². The molecule has 0 saturated carbocycles. The van der Waals surface area contributed by atoms with Crippen molar-refractivity contribution in [3.63, 3.8) is 0 Å². The largest absolute Gasteiger partial charge is 0.341 e. The number of carbonyl (C=O) groups excluding carboxylic acids is 1. The van der Waals surface area contributed by atoms with Crippen LogP contribution in [0.1, 0.15) is 38.5 Å². The first kappa shape index (κ1) is 14.7. The fourth-order valence-electron chi connectivity index (χ4n) is 2.71. The molecule has 3 rings (SSSR count). The summed E-state index contributed by atoms with van der Waals surface area (Å²) in [6.07, 6.45) is 3.48. The standard InChI is InChI=1S/C16H20N4O2/c1-3-11(4-2)16(21)20-9-12(10-20)15-18-14(19-22-15)13-7-5-6-8-17-13/h5-8,11-12H,3-4,9-10H2,1-2H3. The molecule has 0 aromatic carbocycles. The van der Waals surface area contributed by atoms with E-state index in [2.05, 4.69) is 29.0 Å². The lowest BCUT2D eigenvalue weighted by atomic mass is 9.94. The second-order valence-corrected chi connectivity index (χ2v) is 5.62. The zero-order valence-corrected chi connectivity index (χ0v) is 12.9. The predicted molar refractivity (Wildman–Crippen MR) is 80.9 cm³/mol. The molecule has 3 heterocycles. The van der Waals surface area contributed by atoms with E-state index in [1.807, 2.05) is 23.1 Å². The quantitative estimate of drug-likeness (QED) is 0.848. The molecule has 0 bridgehead atoms. The van der Waals surface area contributed by atoms with Gasteiger partial charge in [0, 0.05) is 25.2 Å². The van der Waals surface area contributed by atoms with E-state index in [4.69, 9.17) is 4.52 Å². The van der Waals surface area contributed by atoms with Gasteiger partial charge in [-0.3, -0.25) is 9.78 Å². The Morgan fingerprint density at radius 3 is 2.77 bits per heavy atom. The van der Waals surface area contributed by atoms with E-state index in [0.29, 0.717) is 30.5 Å². The molecule has 1 saturated heterocycles. The number of pyridine rings is 1. The topological polar surface area (TPSA) is 72.1 Å². The maximum Gasteiger partial charge on any atom is 0.233 e. The molecular formula is C16H20N4O2. The van der Waals surface area contributed by atoms with Gasteiger partial charge < -0.3 is 9.42 Å². The van der Waals surface area contributed by atoms with Crippen LogP contribution >= 0.6 is 0 Å². The van der Waals surface area contributed by atoms with Crippen molar-refractivity contribution in [3.05, 3.63) is 30.3 Å². The van der Waals surface area contributed by atoms with Crippen molar-refractivity contribution < 1.29 is 9.32 Å². The minimum absolute atomic E-state index is 0.132. The van der Waals surface area contributed by atoms with Crippen LogP contribution in [0, 0.1) is 5.92 Å². The van der Waals surface area contributed by atoms with Crippen molar-refractivity contribution in [2.24, 2.45) is 5.92 Å². The van der Waals surface area contributed by atoms with Crippen LogP contribution in [0.15, 0.2) is 28.9 Å². The number of carbonyl (C=O) groups is 1. The highest BCUT2D eigenvalue weighted by atomic mass is 16.5. The van der Waals surface area contributed by atoms with Gasteiger partial charge in [-0.15, -0.1) is 0 Å². The third-order valence-electron chi connectivity index (χ3n) is 4.21. The first-order valence-electron chi connectivity index (χ1n) is 7.76. The highest BCUT2D eigenvalue weighted by Crippen LogP contribution is 2.29. The molecule has 0 atom stereocenters. The summed E-state index contributed by atoms with van der Waals surface area (Å²) in [5.74, 6) is 1.61. The first-order valence-corrected chi connectivity index (χ1v) is 7.76. The highest BCUT2D eigenvalue weighted by Gasteiger charge is 2.37. The van der Waals surface area contributed by atoms with Gasteiger partial charge in [0.25, 0.3) is 0 Å². The van der Waals surface area contributed by atoms with Crippen LogP contribution < -0.4 is 0 Å². The van der Waals surface area contributed by atoms with Crippen LogP contribution in [0.3, 0.4) is 0 Å². The molecule has 0 N–H and O–H groups in total. The summed E-state index contributed by atoms with van der Waals surface area (Å²) < 4.78 is 5.33. The van der Waals surface area contributed by atoms with Crippen molar-refractivity contribution >= 4 is 5.91 Å². The molecule has 1 fully saturated rings. The van der Waals surface area contributed by atoms with Crippen LogP contribution in [0.4, 0.5) is 0 Å². The highest BCUT2D eigenvalue weighted by molar-refractivity contribution is 5.79. The van der Waals surface area contributed by atoms with E-state index in [1.165, 1.54) is 0 Å². The maximum absolute atomic E-state index is 12.2. The molecule has 1 amide bonds. The van der Waals surface area contributed by atoms with Gasteiger partial charge in [-0.05, 0) is 25.0 Å². The molecule has 2 aromatic rings. The van der Waals surface area contributed by atoms with E-state index in [1.54, 1.807) is 6.20 Å². The van der Waals surface area contributed by atoms with E-state index < -0.39 is 0 Å². The Kier molecular flexibility index (Phi) is 4.18. The summed E-state index contributed by atoms with van der Waals surface area (Å²) in [5, 5.41) is 3.97. The normalized spacial score (nSPS) is 15.1. The number of likely N-dealkylation sites (tertiary alicyclic amines) is 1. The van der Waals surface area contributed by atoms with Crippen LogP contribution in [-0.2, 0) is 4.79 Å². The fraction of sp³-hybridized carbons (Fsp3) is 0.500. The van der Waals surface area contributed by atoms with Gasteiger partial charge >= 0.3 is 0 Å². The third-order valence-corrected chi connectivity index (χ3v) is 4.21. The van der Waals surface area contributed by atoms with Gasteiger partial charge in [0.1, 0.15) is 5.69 Å². The van der Waals surface area contributed by atoms with Crippen LogP contribution in [0.5, 0.6) is 0 Å². The van der Waals surface area contributed by atoms with Gasteiger partial charge in [-0.25, -0.2) is 0 Å². The van der Waals surface area contributed by atoms with Crippen molar-refractivity contribution in [1.82, 2.24) is 20.0 Å². The molecule has 6 nitrogen and oxygen atoms in total. The SMILES string of the molecule is CCC(CC)C(=O)N1CC(c2nc(-c3ccccn3)no2)C1. The summed E-state index contributed by atoms with van der Waals surface area (Å²) in [7, 11) is 0. The predicted octanol–water partition coefficient (Wildman–Crippen LogP) is 2.49. The van der Waals surface area contributed by atoms with Gasteiger partial charge in [-0.1, -0.05) is 25.1 Å². The smallest absolute Gasteiger partial charge is 0.233 e. The van der Waals surface area contributed by atoms with Gasteiger partial charge in [0.05, 0.1) is 5.92 Å². The van der Waals surface area contributed by atoms with Crippen molar-refractivity contribution in [2.45, 2.75) is 32.6 Å². The molecule has 22 heavy (non-hydrogen) atoms. The van der Waals surface area contributed by atoms with E-state index >= 15 is 0 Å². The lowest BCUT2D eigenvalue weighted by Crippen LogP contribution is -2.50. The lowest BCUT2D eigenvalue weighted by Gasteiger charge is -2.39. The molecule has 0 aliphatic carbocycles. The average molecular weight is 300 g/mol. The Morgan fingerprint density at radius 2 is 2.14 bits per heavy atom. The molecule has 0 spiro atoms. The summed E-state index contributed by atoms with van der Waals surface area (Å²) in [4.78, 5) is 22.7. The minimum atomic E-state index is 0.132.